The van der Waals surface area contributed by atoms with E-state index in [1.54, 1.807) is 18.3 Å². The fourth-order valence-electron chi connectivity index (χ4n) is 5.26. The van der Waals surface area contributed by atoms with E-state index in [2.05, 4.69) is 34.7 Å². The Balaban J connectivity index is 1.53. The molecule has 0 saturated carbocycles. The van der Waals surface area contributed by atoms with Crippen molar-refractivity contribution in [1.82, 2.24) is 15.2 Å². The van der Waals surface area contributed by atoms with Gasteiger partial charge in [-0.15, -0.1) is 0 Å². The molecule has 38 heavy (non-hydrogen) atoms. The van der Waals surface area contributed by atoms with Gasteiger partial charge in [0.1, 0.15) is 18.1 Å². The van der Waals surface area contributed by atoms with Crippen molar-refractivity contribution >= 4 is 33.7 Å². The minimum Gasteiger partial charge on any atom is -0.378 e. The highest BCUT2D eigenvalue weighted by atomic mass is 32.2. The number of fused-ring (bicyclic) bond motifs is 1. The van der Waals surface area contributed by atoms with Gasteiger partial charge in [0.2, 0.25) is 0 Å². The van der Waals surface area contributed by atoms with Crippen LogP contribution in [0, 0.1) is 0 Å². The number of pyridine rings is 1. The average Bonchev–Trinajstić information content (AvgIpc) is 2.92. The highest BCUT2D eigenvalue weighted by Crippen LogP contribution is 2.35. The second kappa shape index (κ2) is 10.7. The molecule has 9 heteroatoms. The molecule has 1 unspecified atom stereocenters. The molecule has 0 aliphatic carbocycles. The summed E-state index contributed by atoms with van der Waals surface area (Å²) in [5.74, 6) is 1.10. The van der Waals surface area contributed by atoms with Crippen molar-refractivity contribution in [1.29, 1.82) is 0 Å². The Bertz CT molecular complexity index is 1480. The minimum absolute atomic E-state index is 0.121. The predicted octanol–water partition coefficient (Wildman–Crippen LogP) is 3.98. The second-order valence-electron chi connectivity index (χ2n) is 10.1. The number of hydrogen-bond donors (Lipinski definition) is 3. The Morgan fingerprint density at radius 2 is 1.87 bits per heavy atom. The van der Waals surface area contributed by atoms with E-state index in [0.29, 0.717) is 28.6 Å². The van der Waals surface area contributed by atoms with Crippen LogP contribution in [0.25, 0.3) is 17.3 Å². The van der Waals surface area contributed by atoms with Crippen LogP contribution in [0.2, 0.25) is 0 Å². The van der Waals surface area contributed by atoms with Gasteiger partial charge in [-0.25, -0.2) is 13.4 Å². The smallest absolute Gasteiger partial charge is 0.175 e. The molecule has 1 atom stereocenters. The Hall–Kier alpha value is -3.53. The van der Waals surface area contributed by atoms with E-state index in [4.69, 9.17) is 10.7 Å². The standard InChI is InChI=1S/C29H33N5O3S/c1-34-13-10-20(11-14-34)19-5-7-24(8-6-19)32-29-28-22(9-12-31-26(28)18-35)15-25(33-29)21-3-4-23(17-30)27(16-21)38(2,36)37/h3-9,12,15-16,18,20,26,31H,10-11,13-14,17,30H2,1-2H3,(H,32,33). The van der Waals surface area contributed by atoms with Gasteiger partial charge in [0.15, 0.2) is 9.84 Å². The topological polar surface area (TPSA) is 117 Å². The molecule has 0 bridgehead atoms. The van der Waals surface area contributed by atoms with E-state index in [1.807, 2.05) is 30.3 Å². The maximum absolute atomic E-state index is 12.4. The van der Waals surface area contributed by atoms with Crippen LogP contribution in [0.3, 0.4) is 0 Å². The number of rotatable bonds is 7. The van der Waals surface area contributed by atoms with Crippen LogP contribution in [-0.4, -0.2) is 51.0 Å². The van der Waals surface area contributed by atoms with Crippen LogP contribution in [0.4, 0.5) is 11.5 Å². The lowest BCUT2D eigenvalue weighted by atomic mass is 9.89. The van der Waals surface area contributed by atoms with E-state index >= 15 is 0 Å². The Morgan fingerprint density at radius 1 is 1.13 bits per heavy atom. The number of aldehydes is 1. The number of carbonyl (C=O) groups excluding carboxylic acids is 1. The monoisotopic (exact) mass is 531 g/mol. The zero-order chi connectivity index (χ0) is 26.9. The minimum atomic E-state index is -3.48. The largest absolute Gasteiger partial charge is 0.378 e. The molecule has 0 amide bonds. The summed E-state index contributed by atoms with van der Waals surface area (Å²) < 4.78 is 24.9. The summed E-state index contributed by atoms with van der Waals surface area (Å²) in [6.45, 7) is 2.33. The van der Waals surface area contributed by atoms with Crippen LogP contribution in [0.15, 0.2) is 59.6 Å². The Labute approximate surface area is 223 Å². The van der Waals surface area contributed by atoms with Crippen LogP contribution in [0.1, 0.15) is 47.1 Å². The number of hydrogen-bond acceptors (Lipinski definition) is 8. The summed E-state index contributed by atoms with van der Waals surface area (Å²) in [4.78, 5) is 19.3. The second-order valence-corrected chi connectivity index (χ2v) is 12.1. The Morgan fingerprint density at radius 3 is 2.53 bits per heavy atom. The predicted molar refractivity (Wildman–Crippen MR) is 151 cm³/mol. The van der Waals surface area contributed by atoms with E-state index in [0.717, 1.165) is 49.0 Å². The van der Waals surface area contributed by atoms with Crippen LogP contribution < -0.4 is 16.4 Å². The van der Waals surface area contributed by atoms with Gasteiger partial charge in [0.05, 0.1) is 10.6 Å². The molecular weight excluding hydrogens is 498 g/mol. The lowest BCUT2D eigenvalue weighted by molar-refractivity contribution is -0.109. The van der Waals surface area contributed by atoms with E-state index in [1.165, 1.54) is 11.8 Å². The number of likely N-dealkylation sites (tertiary alicyclic amines) is 1. The van der Waals surface area contributed by atoms with Crippen LogP contribution >= 0.6 is 0 Å². The summed E-state index contributed by atoms with van der Waals surface area (Å²) in [5.41, 5.74) is 11.4. The van der Waals surface area contributed by atoms with E-state index < -0.39 is 15.9 Å². The molecule has 3 aromatic rings. The number of nitrogens with one attached hydrogen (secondary N) is 2. The first-order valence-electron chi connectivity index (χ1n) is 12.8. The SMILES string of the molecule is CN1CCC(c2ccc(Nc3nc(-c4ccc(CN)c(S(C)(=O)=O)c4)cc4c3C(C=O)NC=C4)cc2)CC1. The molecule has 1 fully saturated rings. The maximum atomic E-state index is 12.4. The van der Waals surface area contributed by atoms with E-state index in [-0.39, 0.29) is 11.4 Å². The van der Waals surface area contributed by atoms with Crippen molar-refractivity contribution in [3.63, 3.8) is 0 Å². The molecule has 0 spiro atoms. The van der Waals surface area contributed by atoms with Gasteiger partial charge in [-0.3, -0.25) is 0 Å². The van der Waals surface area contributed by atoms with E-state index in [9.17, 15) is 13.2 Å². The van der Waals surface area contributed by atoms with Crippen molar-refractivity contribution in [3.05, 3.63) is 77.0 Å². The zero-order valence-electron chi connectivity index (χ0n) is 21.6. The third kappa shape index (κ3) is 5.36. The molecule has 1 saturated heterocycles. The molecule has 2 aromatic carbocycles. The van der Waals surface area contributed by atoms with Gasteiger partial charge < -0.3 is 26.1 Å². The third-order valence-corrected chi connectivity index (χ3v) is 8.60. The number of nitrogens with zero attached hydrogens (tertiary/aromatic N) is 2. The molecule has 8 nitrogen and oxygen atoms in total. The highest BCUT2D eigenvalue weighted by Gasteiger charge is 2.24. The summed E-state index contributed by atoms with van der Waals surface area (Å²) in [6.07, 6.45) is 7.97. The van der Waals surface area contributed by atoms with Gasteiger partial charge in [-0.2, -0.15) is 0 Å². The first-order chi connectivity index (χ1) is 18.3. The summed E-state index contributed by atoms with van der Waals surface area (Å²) in [5, 5.41) is 6.51. The quantitative estimate of drug-likeness (QED) is 0.392. The molecular formula is C29H33N5O3S. The van der Waals surface area contributed by atoms with Crippen molar-refractivity contribution < 1.29 is 13.2 Å². The highest BCUT2D eigenvalue weighted by molar-refractivity contribution is 7.90. The van der Waals surface area contributed by atoms with Crippen LogP contribution in [-0.2, 0) is 21.2 Å². The number of anilines is 2. The van der Waals surface area contributed by atoms with Crippen molar-refractivity contribution in [3.8, 4) is 11.3 Å². The van der Waals surface area contributed by atoms with Gasteiger partial charge in [-0.1, -0.05) is 24.3 Å². The summed E-state index contributed by atoms with van der Waals surface area (Å²) in [7, 11) is -1.31. The normalized spacial score (nSPS) is 18.0. The first-order valence-corrected chi connectivity index (χ1v) is 14.7. The molecule has 2 aliphatic rings. The molecule has 198 valence electrons. The summed E-state index contributed by atoms with van der Waals surface area (Å²) in [6, 6.07) is 14.9. The number of sulfone groups is 1. The number of piperidine rings is 1. The van der Waals surface area contributed by atoms with Crippen molar-refractivity contribution in [2.75, 3.05) is 31.7 Å². The van der Waals surface area contributed by atoms with Crippen LogP contribution in [0.5, 0.6) is 0 Å². The fraction of sp³-hybridized carbons (Fsp3) is 0.310. The fourth-order valence-corrected chi connectivity index (χ4v) is 6.23. The Kier molecular flexibility index (Phi) is 7.34. The molecule has 0 radical (unpaired) electrons. The average molecular weight is 532 g/mol. The lowest BCUT2D eigenvalue weighted by Crippen LogP contribution is -2.29. The lowest BCUT2D eigenvalue weighted by Gasteiger charge is -2.29. The molecule has 4 N–H and O–H groups in total. The summed E-state index contributed by atoms with van der Waals surface area (Å²) >= 11 is 0. The molecule has 5 rings (SSSR count). The number of nitrogens with two attached hydrogens (primary N) is 1. The number of aromatic nitrogens is 1. The first kappa shape index (κ1) is 26.1. The van der Waals surface area contributed by atoms with Gasteiger partial charge in [-0.05, 0) is 92.1 Å². The van der Waals surface area contributed by atoms with Gasteiger partial charge >= 0.3 is 0 Å². The number of benzene rings is 2. The third-order valence-electron chi connectivity index (χ3n) is 7.42. The van der Waals surface area contributed by atoms with Crippen molar-refractivity contribution in [2.45, 2.75) is 36.2 Å². The zero-order valence-corrected chi connectivity index (χ0v) is 22.5. The molecule has 1 aromatic heterocycles. The van der Waals surface area contributed by atoms with Gasteiger partial charge in [0, 0.05) is 29.6 Å². The van der Waals surface area contributed by atoms with Gasteiger partial charge in [0.25, 0.3) is 0 Å². The molecule has 3 heterocycles. The van der Waals surface area contributed by atoms with Crippen molar-refractivity contribution in [2.24, 2.45) is 5.73 Å². The maximum Gasteiger partial charge on any atom is 0.175 e. The molecule has 2 aliphatic heterocycles. The number of carbonyl (C=O) groups is 1.